The molecule has 0 aromatic carbocycles. The summed E-state index contributed by atoms with van der Waals surface area (Å²) < 4.78 is 0. The lowest BCUT2D eigenvalue weighted by molar-refractivity contribution is -0.121. The standard InChI is InChI=1S/C11H23NO/c1-4-7-8-9-11(13)12-10(5-2)6-3/h10H,4-9H2,1-3H3,(H,12,13). The summed E-state index contributed by atoms with van der Waals surface area (Å²) in [5.41, 5.74) is 0. The highest BCUT2D eigenvalue weighted by molar-refractivity contribution is 5.76. The summed E-state index contributed by atoms with van der Waals surface area (Å²) in [6.45, 7) is 6.37. The van der Waals surface area contributed by atoms with Crippen LogP contribution in [0.4, 0.5) is 0 Å². The van der Waals surface area contributed by atoms with Gasteiger partial charge >= 0.3 is 0 Å². The molecule has 0 fully saturated rings. The van der Waals surface area contributed by atoms with Gasteiger partial charge in [0.15, 0.2) is 0 Å². The van der Waals surface area contributed by atoms with Crippen LogP contribution in [0.3, 0.4) is 0 Å². The van der Waals surface area contributed by atoms with E-state index in [0.29, 0.717) is 12.5 Å². The molecule has 0 atom stereocenters. The predicted octanol–water partition coefficient (Wildman–Crippen LogP) is 2.87. The lowest BCUT2D eigenvalue weighted by atomic mass is 10.1. The van der Waals surface area contributed by atoms with Gasteiger partial charge in [-0.15, -0.1) is 0 Å². The SMILES string of the molecule is CCCCCC(=O)NC(CC)CC. The van der Waals surface area contributed by atoms with E-state index in [9.17, 15) is 4.79 Å². The number of rotatable bonds is 7. The second kappa shape index (κ2) is 8.09. The predicted molar refractivity (Wildman–Crippen MR) is 56.7 cm³/mol. The van der Waals surface area contributed by atoms with Crippen molar-refractivity contribution in [1.29, 1.82) is 0 Å². The Bertz CT molecular complexity index is 130. The van der Waals surface area contributed by atoms with E-state index >= 15 is 0 Å². The number of carbonyl (C=O) groups is 1. The minimum atomic E-state index is 0.224. The van der Waals surface area contributed by atoms with E-state index in [0.717, 1.165) is 25.7 Å². The van der Waals surface area contributed by atoms with Crippen LogP contribution in [0.1, 0.15) is 59.3 Å². The molecule has 1 amide bonds. The fourth-order valence-electron chi connectivity index (χ4n) is 1.33. The summed E-state index contributed by atoms with van der Waals surface area (Å²) in [6, 6.07) is 0.383. The molecule has 0 aliphatic rings. The zero-order valence-corrected chi connectivity index (χ0v) is 9.23. The maximum atomic E-state index is 11.3. The van der Waals surface area contributed by atoms with E-state index in [1.54, 1.807) is 0 Å². The van der Waals surface area contributed by atoms with Crippen molar-refractivity contribution in [1.82, 2.24) is 5.32 Å². The number of unbranched alkanes of at least 4 members (excludes halogenated alkanes) is 2. The Morgan fingerprint density at radius 2 is 1.77 bits per heavy atom. The van der Waals surface area contributed by atoms with Crippen LogP contribution < -0.4 is 5.32 Å². The van der Waals surface area contributed by atoms with E-state index in [2.05, 4.69) is 26.1 Å². The highest BCUT2D eigenvalue weighted by Gasteiger charge is 2.06. The molecule has 13 heavy (non-hydrogen) atoms. The topological polar surface area (TPSA) is 29.1 Å². The van der Waals surface area contributed by atoms with Crippen molar-refractivity contribution in [3.05, 3.63) is 0 Å². The van der Waals surface area contributed by atoms with Crippen LogP contribution >= 0.6 is 0 Å². The van der Waals surface area contributed by atoms with E-state index in [1.165, 1.54) is 6.42 Å². The molecule has 78 valence electrons. The number of hydrogen-bond donors (Lipinski definition) is 1. The first-order valence-corrected chi connectivity index (χ1v) is 5.53. The summed E-state index contributed by atoms with van der Waals surface area (Å²) >= 11 is 0. The highest BCUT2D eigenvalue weighted by atomic mass is 16.1. The average molecular weight is 185 g/mol. The highest BCUT2D eigenvalue weighted by Crippen LogP contribution is 2.01. The molecule has 2 heteroatoms. The maximum Gasteiger partial charge on any atom is 0.220 e. The van der Waals surface area contributed by atoms with Crippen molar-refractivity contribution < 1.29 is 4.79 Å². The van der Waals surface area contributed by atoms with Gasteiger partial charge in [0.05, 0.1) is 0 Å². The van der Waals surface area contributed by atoms with Crippen LogP contribution in [0.2, 0.25) is 0 Å². The Balaban J connectivity index is 3.48. The molecular formula is C11H23NO. The molecule has 0 aliphatic carbocycles. The molecule has 0 radical (unpaired) electrons. The Labute approximate surface area is 82.1 Å². The van der Waals surface area contributed by atoms with E-state index in [4.69, 9.17) is 0 Å². The molecule has 1 N–H and O–H groups in total. The first kappa shape index (κ1) is 12.5. The Morgan fingerprint density at radius 1 is 1.15 bits per heavy atom. The van der Waals surface area contributed by atoms with Gasteiger partial charge in [-0.3, -0.25) is 4.79 Å². The van der Waals surface area contributed by atoms with Gasteiger partial charge in [0.25, 0.3) is 0 Å². The number of carbonyl (C=O) groups excluding carboxylic acids is 1. The van der Waals surface area contributed by atoms with Gasteiger partial charge in [0.1, 0.15) is 0 Å². The summed E-state index contributed by atoms with van der Waals surface area (Å²) in [7, 11) is 0. The van der Waals surface area contributed by atoms with Crippen molar-refractivity contribution >= 4 is 5.91 Å². The summed E-state index contributed by atoms with van der Waals surface area (Å²) in [5.74, 6) is 0.224. The third kappa shape index (κ3) is 6.62. The van der Waals surface area contributed by atoms with Gasteiger partial charge < -0.3 is 5.32 Å². The monoisotopic (exact) mass is 185 g/mol. The molecule has 0 saturated carbocycles. The zero-order chi connectivity index (χ0) is 10.1. The van der Waals surface area contributed by atoms with Gasteiger partial charge in [0.2, 0.25) is 5.91 Å². The third-order valence-electron chi connectivity index (χ3n) is 2.36. The van der Waals surface area contributed by atoms with Gasteiger partial charge in [-0.05, 0) is 19.3 Å². The lowest BCUT2D eigenvalue weighted by Crippen LogP contribution is -2.33. The molecule has 0 aromatic heterocycles. The fraction of sp³-hybridized carbons (Fsp3) is 0.909. The van der Waals surface area contributed by atoms with Crippen LogP contribution in [0, 0.1) is 0 Å². The molecular weight excluding hydrogens is 162 g/mol. The lowest BCUT2D eigenvalue weighted by Gasteiger charge is -2.14. The van der Waals surface area contributed by atoms with Crippen LogP contribution in [0.15, 0.2) is 0 Å². The molecule has 2 nitrogen and oxygen atoms in total. The van der Waals surface area contributed by atoms with Crippen molar-refractivity contribution in [2.45, 2.75) is 65.3 Å². The quantitative estimate of drug-likeness (QED) is 0.607. The molecule has 0 aromatic rings. The molecule has 0 spiro atoms. The van der Waals surface area contributed by atoms with Gasteiger partial charge in [0, 0.05) is 12.5 Å². The fourth-order valence-corrected chi connectivity index (χ4v) is 1.33. The van der Waals surface area contributed by atoms with E-state index in [-0.39, 0.29) is 5.91 Å². The Morgan fingerprint density at radius 3 is 2.23 bits per heavy atom. The first-order valence-electron chi connectivity index (χ1n) is 5.53. The van der Waals surface area contributed by atoms with Crippen molar-refractivity contribution in [2.24, 2.45) is 0 Å². The molecule has 0 bridgehead atoms. The van der Waals surface area contributed by atoms with Crippen LogP contribution in [-0.2, 0) is 4.79 Å². The van der Waals surface area contributed by atoms with Crippen molar-refractivity contribution in [2.75, 3.05) is 0 Å². The van der Waals surface area contributed by atoms with Crippen LogP contribution in [-0.4, -0.2) is 11.9 Å². The minimum absolute atomic E-state index is 0.224. The van der Waals surface area contributed by atoms with Crippen LogP contribution in [0.25, 0.3) is 0 Å². The van der Waals surface area contributed by atoms with Crippen LogP contribution in [0.5, 0.6) is 0 Å². The zero-order valence-electron chi connectivity index (χ0n) is 9.23. The molecule has 0 heterocycles. The normalized spacial score (nSPS) is 10.5. The maximum absolute atomic E-state index is 11.3. The molecule has 0 unspecified atom stereocenters. The second-order valence-corrected chi connectivity index (χ2v) is 3.54. The summed E-state index contributed by atoms with van der Waals surface area (Å²) in [6.07, 6.45) is 6.15. The molecule has 0 rings (SSSR count). The summed E-state index contributed by atoms with van der Waals surface area (Å²) in [4.78, 5) is 11.3. The molecule has 0 aliphatic heterocycles. The number of hydrogen-bond acceptors (Lipinski definition) is 1. The minimum Gasteiger partial charge on any atom is -0.353 e. The first-order chi connectivity index (χ1) is 6.24. The Kier molecular flexibility index (Phi) is 7.76. The number of amides is 1. The number of nitrogens with one attached hydrogen (secondary N) is 1. The molecule has 0 saturated heterocycles. The average Bonchev–Trinajstić information content (AvgIpc) is 2.14. The van der Waals surface area contributed by atoms with Gasteiger partial charge in [-0.2, -0.15) is 0 Å². The van der Waals surface area contributed by atoms with Gasteiger partial charge in [-0.25, -0.2) is 0 Å². The Hall–Kier alpha value is -0.530. The smallest absolute Gasteiger partial charge is 0.220 e. The van der Waals surface area contributed by atoms with Crippen molar-refractivity contribution in [3.63, 3.8) is 0 Å². The third-order valence-corrected chi connectivity index (χ3v) is 2.36. The second-order valence-electron chi connectivity index (χ2n) is 3.54. The van der Waals surface area contributed by atoms with E-state index < -0.39 is 0 Å². The van der Waals surface area contributed by atoms with E-state index in [1.807, 2.05) is 0 Å². The summed E-state index contributed by atoms with van der Waals surface area (Å²) in [5, 5.41) is 3.04. The largest absolute Gasteiger partial charge is 0.353 e. The van der Waals surface area contributed by atoms with Crippen molar-refractivity contribution in [3.8, 4) is 0 Å². The van der Waals surface area contributed by atoms with Gasteiger partial charge in [-0.1, -0.05) is 33.6 Å².